The van der Waals surface area contributed by atoms with Crippen LogP contribution in [0, 0.1) is 0 Å². The van der Waals surface area contributed by atoms with Crippen LogP contribution in [0.5, 0.6) is 11.5 Å². The van der Waals surface area contributed by atoms with E-state index in [0.717, 1.165) is 35.7 Å². The number of rotatable bonds is 9. The van der Waals surface area contributed by atoms with Crippen molar-refractivity contribution in [2.45, 2.75) is 26.2 Å². The average molecular weight is 300 g/mol. The molecule has 118 valence electrons. The van der Waals surface area contributed by atoms with E-state index in [1.165, 1.54) is 12.8 Å². The molecule has 0 aromatic heterocycles. The summed E-state index contributed by atoms with van der Waals surface area (Å²) < 4.78 is 11.1. The van der Waals surface area contributed by atoms with Gasteiger partial charge in [0.05, 0.1) is 13.2 Å². The summed E-state index contributed by atoms with van der Waals surface area (Å²) in [4.78, 5) is 0. The molecule has 22 heavy (non-hydrogen) atoms. The molecular weight excluding hydrogens is 276 g/mol. The van der Waals surface area contributed by atoms with E-state index in [-0.39, 0.29) is 6.61 Å². The predicted molar refractivity (Wildman–Crippen MR) is 89.5 cm³/mol. The van der Waals surface area contributed by atoms with Gasteiger partial charge in [0.15, 0.2) is 0 Å². The number of benzene rings is 2. The maximum atomic E-state index is 8.74. The van der Waals surface area contributed by atoms with Crippen LogP contribution in [-0.4, -0.2) is 24.9 Å². The molecule has 0 spiro atoms. The number of aliphatic hydroxyl groups is 1. The first-order chi connectivity index (χ1) is 10.8. The third kappa shape index (κ3) is 5.08. The second-order valence-electron chi connectivity index (χ2n) is 5.18. The van der Waals surface area contributed by atoms with Crippen molar-refractivity contribution in [3.63, 3.8) is 0 Å². The Labute approximate surface area is 132 Å². The van der Waals surface area contributed by atoms with Gasteiger partial charge in [0, 0.05) is 0 Å². The van der Waals surface area contributed by atoms with Gasteiger partial charge < -0.3 is 14.6 Å². The van der Waals surface area contributed by atoms with Gasteiger partial charge in [0.1, 0.15) is 18.1 Å². The van der Waals surface area contributed by atoms with Crippen LogP contribution in [0.2, 0.25) is 0 Å². The number of hydrogen-bond acceptors (Lipinski definition) is 3. The van der Waals surface area contributed by atoms with Crippen LogP contribution in [0.15, 0.2) is 48.5 Å². The fraction of sp³-hybridized carbons (Fsp3) is 0.368. The molecule has 0 unspecified atom stereocenters. The zero-order valence-corrected chi connectivity index (χ0v) is 13.1. The Bertz CT molecular complexity index is 532. The smallest absolute Gasteiger partial charge is 0.119 e. The fourth-order valence-electron chi connectivity index (χ4n) is 2.19. The lowest BCUT2D eigenvalue weighted by Gasteiger charge is -2.08. The topological polar surface area (TPSA) is 38.7 Å². The summed E-state index contributed by atoms with van der Waals surface area (Å²) in [6.07, 6.45) is 3.52. The van der Waals surface area contributed by atoms with Crippen molar-refractivity contribution in [3.05, 3.63) is 48.5 Å². The molecule has 0 radical (unpaired) electrons. The van der Waals surface area contributed by atoms with Gasteiger partial charge >= 0.3 is 0 Å². The molecule has 0 heterocycles. The third-order valence-corrected chi connectivity index (χ3v) is 3.42. The highest BCUT2D eigenvalue weighted by atomic mass is 16.5. The summed E-state index contributed by atoms with van der Waals surface area (Å²) in [6.45, 7) is 3.32. The Balaban J connectivity index is 1.92. The summed E-state index contributed by atoms with van der Waals surface area (Å²) in [5, 5.41) is 8.74. The van der Waals surface area contributed by atoms with Crippen LogP contribution in [0.4, 0.5) is 0 Å². The number of unbranched alkanes of at least 4 members (excludes halogenated alkanes) is 2. The average Bonchev–Trinajstić information content (AvgIpc) is 2.58. The van der Waals surface area contributed by atoms with E-state index in [0.29, 0.717) is 6.61 Å². The van der Waals surface area contributed by atoms with Crippen molar-refractivity contribution >= 4 is 0 Å². The van der Waals surface area contributed by atoms with Gasteiger partial charge in [-0.2, -0.15) is 0 Å². The lowest BCUT2D eigenvalue weighted by Crippen LogP contribution is -2.01. The molecule has 0 amide bonds. The van der Waals surface area contributed by atoms with E-state index >= 15 is 0 Å². The van der Waals surface area contributed by atoms with Crippen molar-refractivity contribution < 1.29 is 14.6 Å². The molecule has 2 aromatic carbocycles. The highest BCUT2D eigenvalue weighted by molar-refractivity contribution is 5.64. The van der Waals surface area contributed by atoms with Crippen molar-refractivity contribution in [2.24, 2.45) is 0 Å². The minimum atomic E-state index is 0.0292. The molecule has 0 fully saturated rings. The minimum Gasteiger partial charge on any atom is -0.494 e. The maximum absolute atomic E-state index is 8.74. The van der Waals surface area contributed by atoms with E-state index in [9.17, 15) is 0 Å². The lowest BCUT2D eigenvalue weighted by molar-refractivity contribution is 0.201. The molecule has 0 bridgehead atoms. The molecule has 0 aliphatic rings. The minimum absolute atomic E-state index is 0.0292. The maximum Gasteiger partial charge on any atom is 0.119 e. The predicted octanol–water partition coefficient (Wildman–Crippen LogP) is 4.29. The normalized spacial score (nSPS) is 10.5. The highest BCUT2D eigenvalue weighted by Gasteiger charge is 2.00. The van der Waals surface area contributed by atoms with Crippen LogP contribution in [-0.2, 0) is 0 Å². The Morgan fingerprint density at radius 1 is 0.727 bits per heavy atom. The van der Waals surface area contributed by atoms with Gasteiger partial charge in [-0.15, -0.1) is 0 Å². The molecule has 0 aliphatic carbocycles. The lowest BCUT2D eigenvalue weighted by atomic mass is 10.1. The zero-order valence-electron chi connectivity index (χ0n) is 13.1. The first-order valence-electron chi connectivity index (χ1n) is 7.90. The van der Waals surface area contributed by atoms with Crippen LogP contribution in [0.3, 0.4) is 0 Å². The number of aliphatic hydroxyl groups excluding tert-OH is 1. The quantitative estimate of drug-likeness (QED) is 0.702. The van der Waals surface area contributed by atoms with E-state index in [1.807, 2.05) is 36.4 Å². The molecular formula is C19H24O3. The van der Waals surface area contributed by atoms with Gasteiger partial charge in [-0.3, -0.25) is 0 Å². The second kappa shape index (κ2) is 9.11. The molecule has 0 saturated carbocycles. The Kier molecular flexibility index (Phi) is 6.78. The third-order valence-electron chi connectivity index (χ3n) is 3.42. The monoisotopic (exact) mass is 300 g/mol. The van der Waals surface area contributed by atoms with Crippen molar-refractivity contribution in [1.82, 2.24) is 0 Å². The molecule has 3 heteroatoms. The second-order valence-corrected chi connectivity index (χ2v) is 5.18. The van der Waals surface area contributed by atoms with Gasteiger partial charge in [-0.1, -0.05) is 44.0 Å². The van der Waals surface area contributed by atoms with E-state index in [1.54, 1.807) is 0 Å². The first kappa shape index (κ1) is 16.4. The molecule has 0 saturated heterocycles. The van der Waals surface area contributed by atoms with Crippen molar-refractivity contribution in [1.29, 1.82) is 0 Å². The number of hydrogen-bond donors (Lipinski definition) is 1. The van der Waals surface area contributed by atoms with E-state index < -0.39 is 0 Å². The molecule has 2 rings (SSSR count). The van der Waals surface area contributed by atoms with Crippen LogP contribution in [0.1, 0.15) is 26.2 Å². The van der Waals surface area contributed by atoms with Gasteiger partial charge in [0.25, 0.3) is 0 Å². The Hall–Kier alpha value is -2.00. The molecule has 1 N–H and O–H groups in total. The van der Waals surface area contributed by atoms with E-state index in [4.69, 9.17) is 14.6 Å². The summed E-state index contributed by atoms with van der Waals surface area (Å²) in [6, 6.07) is 16.0. The highest BCUT2D eigenvalue weighted by Crippen LogP contribution is 2.24. The van der Waals surface area contributed by atoms with Crippen LogP contribution in [0.25, 0.3) is 11.1 Å². The number of ether oxygens (including phenoxy) is 2. The molecule has 0 aliphatic heterocycles. The standard InChI is InChI=1S/C19H24O3/c1-2-3-4-14-21-18-9-5-16(6-10-18)17-7-11-19(12-8-17)22-15-13-20/h5-12,20H,2-4,13-15H2,1H3. The molecule has 2 aromatic rings. The Morgan fingerprint density at radius 3 is 1.68 bits per heavy atom. The van der Waals surface area contributed by atoms with E-state index in [2.05, 4.69) is 19.1 Å². The van der Waals surface area contributed by atoms with Gasteiger partial charge in [-0.05, 0) is 41.8 Å². The molecule has 3 nitrogen and oxygen atoms in total. The van der Waals surface area contributed by atoms with Crippen molar-refractivity contribution in [3.8, 4) is 22.6 Å². The molecule has 0 atom stereocenters. The summed E-state index contributed by atoms with van der Waals surface area (Å²) in [5.74, 6) is 1.69. The fourth-order valence-corrected chi connectivity index (χ4v) is 2.19. The van der Waals surface area contributed by atoms with Crippen LogP contribution >= 0.6 is 0 Å². The summed E-state index contributed by atoms with van der Waals surface area (Å²) in [7, 11) is 0. The summed E-state index contributed by atoms with van der Waals surface area (Å²) in [5.41, 5.74) is 2.28. The van der Waals surface area contributed by atoms with Gasteiger partial charge in [-0.25, -0.2) is 0 Å². The van der Waals surface area contributed by atoms with Crippen LogP contribution < -0.4 is 9.47 Å². The first-order valence-corrected chi connectivity index (χ1v) is 7.90. The zero-order chi connectivity index (χ0) is 15.6. The largest absolute Gasteiger partial charge is 0.494 e. The summed E-state index contributed by atoms with van der Waals surface area (Å²) >= 11 is 0. The van der Waals surface area contributed by atoms with Gasteiger partial charge in [0.2, 0.25) is 0 Å². The van der Waals surface area contributed by atoms with Crippen molar-refractivity contribution in [2.75, 3.05) is 19.8 Å². The SMILES string of the molecule is CCCCCOc1ccc(-c2ccc(OCCO)cc2)cc1. The Morgan fingerprint density at radius 2 is 1.23 bits per heavy atom.